The zero-order chi connectivity index (χ0) is 9.84. The second-order valence-corrected chi connectivity index (χ2v) is 4.57. The standard InChI is InChI=1S/C9H14ClNOS/c1-3-12-6(2)9(11)7-4-5-8(10)13-7/h4-6,9H,3,11H2,1-2H3. The summed E-state index contributed by atoms with van der Waals surface area (Å²) in [4.78, 5) is 1.07. The van der Waals surface area contributed by atoms with Crippen LogP contribution in [-0.4, -0.2) is 12.7 Å². The van der Waals surface area contributed by atoms with Crippen LogP contribution < -0.4 is 5.73 Å². The monoisotopic (exact) mass is 219 g/mol. The Morgan fingerprint density at radius 2 is 2.31 bits per heavy atom. The molecule has 0 aromatic carbocycles. The third kappa shape index (κ3) is 2.95. The summed E-state index contributed by atoms with van der Waals surface area (Å²) >= 11 is 7.32. The molecule has 0 saturated carbocycles. The van der Waals surface area contributed by atoms with E-state index < -0.39 is 0 Å². The molecule has 1 aromatic heterocycles. The minimum Gasteiger partial charge on any atom is -0.377 e. The van der Waals surface area contributed by atoms with Gasteiger partial charge in [0, 0.05) is 11.5 Å². The average Bonchev–Trinajstić information content (AvgIpc) is 2.51. The maximum Gasteiger partial charge on any atom is 0.0931 e. The lowest BCUT2D eigenvalue weighted by atomic mass is 10.1. The average molecular weight is 220 g/mol. The van der Waals surface area contributed by atoms with Crippen molar-refractivity contribution in [2.45, 2.75) is 26.0 Å². The van der Waals surface area contributed by atoms with Crippen molar-refractivity contribution in [1.82, 2.24) is 0 Å². The molecule has 2 nitrogen and oxygen atoms in total. The number of nitrogens with two attached hydrogens (primary N) is 1. The molecule has 13 heavy (non-hydrogen) atoms. The Labute approximate surface area is 87.7 Å². The first kappa shape index (κ1) is 11.0. The van der Waals surface area contributed by atoms with Gasteiger partial charge in [-0.25, -0.2) is 0 Å². The molecule has 74 valence electrons. The molecule has 0 aliphatic heterocycles. The predicted octanol–water partition coefficient (Wildman–Crippen LogP) is 2.83. The third-order valence-electron chi connectivity index (χ3n) is 1.86. The highest BCUT2D eigenvalue weighted by atomic mass is 35.5. The fourth-order valence-electron chi connectivity index (χ4n) is 1.11. The van der Waals surface area contributed by atoms with E-state index in [1.54, 1.807) is 0 Å². The molecule has 0 aliphatic carbocycles. The summed E-state index contributed by atoms with van der Waals surface area (Å²) in [7, 11) is 0. The lowest BCUT2D eigenvalue weighted by molar-refractivity contribution is 0.0582. The second kappa shape index (κ2) is 4.96. The van der Waals surface area contributed by atoms with Crippen molar-refractivity contribution >= 4 is 22.9 Å². The van der Waals surface area contributed by atoms with Crippen LogP contribution in [0.15, 0.2) is 12.1 Å². The van der Waals surface area contributed by atoms with Gasteiger partial charge in [-0.05, 0) is 26.0 Å². The minimum absolute atomic E-state index is 0.0414. The molecule has 0 aliphatic rings. The Balaban J connectivity index is 2.61. The number of hydrogen-bond acceptors (Lipinski definition) is 3. The van der Waals surface area contributed by atoms with Crippen LogP contribution in [0.1, 0.15) is 24.8 Å². The molecule has 0 amide bonds. The van der Waals surface area contributed by atoms with Gasteiger partial charge in [-0.2, -0.15) is 0 Å². The van der Waals surface area contributed by atoms with Gasteiger partial charge in [-0.1, -0.05) is 11.6 Å². The summed E-state index contributed by atoms with van der Waals surface area (Å²) in [6, 6.07) is 3.74. The number of halogens is 1. The van der Waals surface area contributed by atoms with E-state index in [-0.39, 0.29) is 12.1 Å². The van der Waals surface area contributed by atoms with E-state index in [0.29, 0.717) is 6.61 Å². The molecule has 1 heterocycles. The van der Waals surface area contributed by atoms with Gasteiger partial charge in [0.15, 0.2) is 0 Å². The Morgan fingerprint density at radius 3 is 2.77 bits per heavy atom. The molecule has 0 bridgehead atoms. The molecule has 4 heteroatoms. The lowest BCUT2D eigenvalue weighted by Crippen LogP contribution is -2.25. The van der Waals surface area contributed by atoms with Gasteiger partial charge in [-0.3, -0.25) is 0 Å². The number of ether oxygens (including phenoxy) is 1. The normalized spacial score (nSPS) is 15.7. The fraction of sp³-hybridized carbons (Fsp3) is 0.556. The maximum absolute atomic E-state index is 5.96. The van der Waals surface area contributed by atoms with Crippen molar-refractivity contribution in [2.75, 3.05) is 6.61 Å². The van der Waals surface area contributed by atoms with Crippen LogP contribution >= 0.6 is 22.9 Å². The van der Waals surface area contributed by atoms with Crippen molar-refractivity contribution < 1.29 is 4.74 Å². The highest BCUT2D eigenvalue weighted by molar-refractivity contribution is 7.16. The van der Waals surface area contributed by atoms with Crippen LogP contribution in [0, 0.1) is 0 Å². The molecule has 0 saturated heterocycles. The van der Waals surface area contributed by atoms with Crippen molar-refractivity contribution in [2.24, 2.45) is 5.73 Å². The molecule has 1 aromatic rings. The van der Waals surface area contributed by atoms with Crippen LogP contribution in [0.3, 0.4) is 0 Å². The molecule has 0 spiro atoms. The van der Waals surface area contributed by atoms with E-state index >= 15 is 0 Å². The maximum atomic E-state index is 5.96. The Bertz CT molecular complexity index is 264. The first-order valence-corrected chi connectivity index (χ1v) is 5.47. The Kier molecular flexibility index (Phi) is 4.19. The zero-order valence-electron chi connectivity index (χ0n) is 7.79. The van der Waals surface area contributed by atoms with Gasteiger partial charge in [0.05, 0.1) is 16.5 Å². The highest BCUT2D eigenvalue weighted by Gasteiger charge is 2.16. The number of rotatable bonds is 4. The van der Waals surface area contributed by atoms with Crippen LogP contribution in [0.5, 0.6) is 0 Å². The van der Waals surface area contributed by atoms with E-state index in [9.17, 15) is 0 Å². The van der Waals surface area contributed by atoms with Crippen molar-refractivity contribution in [3.05, 3.63) is 21.3 Å². The minimum atomic E-state index is -0.0718. The van der Waals surface area contributed by atoms with Crippen molar-refractivity contribution in [1.29, 1.82) is 0 Å². The smallest absolute Gasteiger partial charge is 0.0931 e. The van der Waals surface area contributed by atoms with Crippen LogP contribution in [0.2, 0.25) is 4.34 Å². The molecule has 2 N–H and O–H groups in total. The predicted molar refractivity (Wildman–Crippen MR) is 57.3 cm³/mol. The van der Waals surface area contributed by atoms with Gasteiger partial charge < -0.3 is 10.5 Å². The van der Waals surface area contributed by atoms with Crippen molar-refractivity contribution in [3.8, 4) is 0 Å². The second-order valence-electron chi connectivity index (χ2n) is 2.83. The van der Waals surface area contributed by atoms with Gasteiger partial charge in [-0.15, -0.1) is 11.3 Å². The highest BCUT2D eigenvalue weighted by Crippen LogP contribution is 2.27. The molecule has 0 fully saturated rings. The topological polar surface area (TPSA) is 35.2 Å². The molecule has 2 unspecified atom stereocenters. The summed E-state index contributed by atoms with van der Waals surface area (Å²) < 4.78 is 6.18. The third-order valence-corrected chi connectivity index (χ3v) is 3.19. The van der Waals surface area contributed by atoms with Gasteiger partial charge >= 0.3 is 0 Å². The Morgan fingerprint density at radius 1 is 1.62 bits per heavy atom. The fourth-order valence-corrected chi connectivity index (χ4v) is 2.26. The van der Waals surface area contributed by atoms with E-state index in [1.165, 1.54) is 11.3 Å². The SMILES string of the molecule is CCOC(C)C(N)c1ccc(Cl)s1. The van der Waals surface area contributed by atoms with Crippen LogP contribution in [0.25, 0.3) is 0 Å². The summed E-state index contributed by atoms with van der Waals surface area (Å²) in [5, 5.41) is 0. The van der Waals surface area contributed by atoms with E-state index in [0.717, 1.165) is 9.21 Å². The largest absolute Gasteiger partial charge is 0.377 e. The summed E-state index contributed by atoms with van der Waals surface area (Å²) in [5.41, 5.74) is 5.96. The molecule has 0 radical (unpaired) electrons. The number of hydrogen-bond donors (Lipinski definition) is 1. The lowest BCUT2D eigenvalue weighted by Gasteiger charge is -2.18. The Hall–Kier alpha value is -0.0900. The van der Waals surface area contributed by atoms with Crippen LogP contribution in [0.4, 0.5) is 0 Å². The van der Waals surface area contributed by atoms with Crippen molar-refractivity contribution in [3.63, 3.8) is 0 Å². The van der Waals surface area contributed by atoms with Crippen LogP contribution in [-0.2, 0) is 4.74 Å². The molecule has 1 rings (SSSR count). The molecule has 2 atom stereocenters. The summed E-state index contributed by atoms with van der Waals surface area (Å²) in [5.74, 6) is 0. The number of thiophene rings is 1. The first-order chi connectivity index (χ1) is 6.15. The molecular formula is C9H14ClNOS. The summed E-state index contributed by atoms with van der Waals surface area (Å²) in [6.45, 7) is 4.63. The van der Waals surface area contributed by atoms with Gasteiger partial charge in [0.1, 0.15) is 0 Å². The van der Waals surface area contributed by atoms with E-state index in [4.69, 9.17) is 22.1 Å². The zero-order valence-corrected chi connectivity index (χ0v) is 9.36. The quantitative estimate of drug-likeness (QED) is 0.845. The first-order valence-electron chi connectivity index (χ1n) is 4.27. The van der Waals surface area contributed by atoms with E-state index in [2.05, 4.69) is 0 Å². The van der Waals surface area contributed by atoms with E-state index in [1.807, 2.05) is 26.0 Å². The van der Waals surface area contributed by atoms with Gasteiger partial charge in [0.25, 0.3) is 0 Å². The summed E-state index contributed by atoms with van der Waals surface area (Å²) in [6.07, 6.45) is 0.0414. The van der Waals surface area contributed by atoms with Gasteiger partial charge in [0.2, 0.25) is 0 Å². The molecular weight excluding hydrogens is 206 g/mol.